The predicted molar refractivity (Wildman–Crippen MR) is 89.0 cm³/mol. The second-order valence-corrected chi connectivity index (χ2v) is 6.17. The number of anilines is 1. The van der Waals surface area contributed by atoms with Gasteiger partial charge in [-0.05, 0) is 58.4 Å². The van der Waals surface area contributed by atoms with Gasteiger partial charge in [0, 0.05) is 28.8 Å². The van der Waals surface area contributed by atoms with Gasteiger partial charge in [0.1, 0.15) is 0 Å². The van der Waals surface area contributed by atoms with Gasteiger partial charge in [-0.3, -0.25) is 0 Å². The fourth-order valence-electron chi connectivity index (χ4n) is 2.42. The van der Waals surface area contributed by atoms with Crippen LogP contribution < -0.4 is 10.2 Å². The molecule has 0 heterocycles. The van der Waals surface area contributed by atoms with Gasteiger partial charge in [-0.15, -0.1) is 0 Å². The van der Waals surface area contributed by atoms with Crippen molar-refractivity contribution in [1.29, 1.82) is 0 Å². The summed E-state index contributed by atoms with van der Waals surface area (Å²) >= 11 is 3.60. The highest BCUT2D eigenvalue weighted by molar-refractivity contribution is 9.10. The van der Waals surface area contributed by atoms with Crippen LogP contribution in [0.3, 0.4) is 0 Å². The number of nitrogens with one attached hydrogen (secondary N) is 1. The van der Waals surface area contributed by atoms with Gasteiger partial charge >= 0.3 is 0 Å². The lowest BCUT2D eigenvalue weighted by atomic mass is 10.0. The average Bonchev–Trinajstić information content (AvgIpc) is 2.36. The molecule has 1 unspecified atom stereocenters. The molecule has 1 aromatic rings. The minimum Gasteiger partial charge on any atom is -0.369 e. The fourth-order valence-corrected chi connectivity index (χ4v) is 2.77. The molecule has 0 aromatic heterocycles. The predicted octanol–water partition coefficient (Wildman–Crippen LogP) is 4.74. The zero-order valence-corrected chi connectivity index (χ0v) is 14.4. The van der Waals surface area contributed by atoms with E-state index in [1.807, 2.05) is 0 Å². The van der Waals surface area contributed by atoms with Crippen molar-refractivity contribution in [1.82, 2.24) is 5.32 Å². The first kappa shape index (κ1) is 16.5. The molecule has 108 valence electrons. The van der Waals surface area contributed by atoms with Crippen molar-refractivity contribution in [3.63, 3.8) is 0 Å². The highest BCUT2D eigenvalue weighted by atomic mass is 79.9. The molecule has 19 heavy (non-hydrogen) atoms. The lowest BCUT2D eigenvalue weighted by Crippen LogP contribution is -2.32. The zero-order valence-electron chi connectivity index (χ0n) is 12.8. The molecule has 0 aliphatic carbocycles. The molecular weight excluding hydrogens is 300 g/mol. The lowest BCUT2D eigenvalue weighted by molar-refractivity contribution is 0.566. The molecule has 1 atom stereocenters. The van der Waals surface area contributed by atoms with E-state index in [9.17, 15) is 0 Å². The summed E-state index contributed by atoms with van der Waals surface area (Å²) in [6.07, 6.45) is 1.16. The van der Waals surface area contributed by atoms with Gasteiger partial charge < -0.3 is 10.2 Å². The molecule has 0 bridgehead atoms. The fraction of sp³-hybridized carbons (Fsp3) is 0.625. The summed E-state index contributed by atoms with van der Waals surface area (Å²) in [5, 5.41) is 3.58. The smallest absolute Gasteiger partial charge is 0.0428 e. The number of rotatable bonds is 7. The maximum absolute atomic E-state index is 3.60. The van der Waals surface area contributed by atoms with Crippen LogP contribution in [0.4, 0.5) is 5.69 Å². The third kappa shape index (κ3) is 4.50. The van der Waals surface area contributed by atoms with Crippen molar-refractivity contribution < 1.29 is 0 Å². The normalized spacial score (nSPS) is 12.8. The van der Waals surface area contributed by atoms with E-state index in [1.165, 1.54) is 11.3 Å². The number of hydrogen-bond acceptors (Lipinski definition) is 2. The van der Waals surface area contributed by atoms with Crippen LogP contribution in [0.1, 0.15) is 52.6 Å². The van der Waals surface area contributed by atoms with Gasteiger partial charge in [0.25, 0.3) is 0 Å². The van der Waals surface area contributed by atoms with E-state index in [2.05, 4.69) is 79.0 Å². The number of benzene rings is 1. The van der Waals surface area contributed by atoms with Gasteiger partial charge in [-0.25, -0.2) is 0 Å². The molecule has 1 rings (SSSR count). The molecule has 0 radical (unpaired) electrons. The summed E-state index contributed by atoms with van der Waals surface area (Å²) < 4.78 is 1.15. The molecule has 2 nitrogen and oxygen atoms in total. The Bertz CT molecular complexity index is 390. The highest BCUT2D eigenvalue weighted by Crippen LogP contribution is 2.30. The Hall–Kier alpha value is -0.540. The summed E-state index contributed by atoms with van der Waals surface area (Å²) in [5.74, 6) is 0. The van der Waals surface area contributed by atoms with Crippen LogP contribution in [0.5, 0.6) is 0 Å². The molecule has 3 heteroatoms. The molecule has 0 aliphatic rings. The molecule has 1 aromatic carbocycles. The van der Waals surface area contributed by atoms with Gasteiger partial charge in [-0.1, -0.05) is 28.9 Å². The van der Waals surface area contributed by atoms with Crippen molar-refractivity contribution in [3.8, 4) is 0 Å². The zero-order chi connectivity index (χ0) is 14.4. The number of halogens is 1. The molecule has 0 amide bonds. The number of nitrogens with zero attached hydrogens (tertiary/aromatic N) is 1. The van der Waals surface area contributed by atoms with Crippen LogP contribution >= 0.6 is 15.9 Å². The van der Waals surface area contributed by atoms with Crippen molar-refractivity contribution in [2.45, 2.75) is 53.1 Å². The Morgan fingerprint density at radius 2 is 1.89 bits per heavy atom. The van der Waals surface area contributed by atoms with E-state index in [-0.39, 0.29) is 0 Å². The van der Waals surface area contributed by atoms with Crippen LogP contribution in [0.2, 0.25) is 0 Å². The molecule has 0 saturated heterocycles. The molecular formula is C16H27BrN2. The monoisotopic (exact) mass is 326 g/mol. The minimum atomic E-state index is 0.385. The van der Waals surface area contributed by atoms with Crippen LogP contribution in [0, 0.1) is 0 Å². The maximum Gasteiger partial charge on any atom is 0.0428 e. The second kappa shape index (κ2) is 7.91. The number of hydrogen-bond donors (Lipinski definition) is 1. The van der Waals surface area contributed by atoms with E-state index in [4.69, 9.17) is 0 Å². The van der Waals surface area contributed by atoms with Crippen LogP contribution in [-0.2, 0) is 0 Å². The third-order valence-corrected chi connectivity index (χ3v) is 3.93. The first-order valence-corrected chi connectivity index (χ1v) is 8.10. The Labute approximate surface area is 126 Å². The van der Waals surface area contributed by atoms with Crippen molar-refractivity contribution in [2.24, 2.45) is 0 Å². The standard InChI is InChI=1S/C16H27BrN2/c1-6-10-18-13(5)15-9-8-14(17)11-16(15)19(7-2)12(3)4/h8-9,11-13,18H,6-7,10H2,1-5H3. The largest absolute Gasteiger partial charge is 0.369 e. The molecule has 0 saturated carbocycles. The van der Waals surface area contributed by atoms with Gasteiger partial charge in [-0.2, -0.15) is 0 Å². The Kier molecular flexibility index (Phi) is 6.87. The molecule has 1 N–H and O–H groups in total. The molecule has 0 aliphatic heterocycles. The Balaban J connectivity index is 3.09. The molecule has 0 spiro atoms. The minimum absolute atomic E-state index is 0.385. The van der Waals surface area contributed by atoms with Gasteiger partial charge in [0.2, 0.25) is 0 Å². The van der Waals surface area contributed by atoms with Crippen molar-refractivity contribution in [3.05, 3.63) is 28.2 Å². The van der Waals surface area contributed by atoms with E-state index >= 15 is 0 Å². The van der Waals surface area contributed by atoms with Gasteiger partial charge in [0.05, 0.1) is 0 Å². The lowest BCUT2D eigenvalue weighted by Gasteiger charge is -2.31. The van der Waals surface area contributed by atoms with E-state index in [0.717, 1.165) is 24.0 Å². The first-order chi connectivity index (χ1) is 9.01. The van der Waals surface area contributed by atoms with E-state index in [1.54, 1.807) is 0 Å². The first-order valence-electron chi connectivity index (χ1n) is 7.30. The van der Waals surface area contributed by atoms with Crippen LogP contribution in [0.25, 0.3) is 0 Å². The maximum atomic E-state index is 3.60. The Morgan fingerprint density at radius 3 is 2.42 bits per heavy atom. The summed E-state index contributed by atoms with van der Waals surface area (Å²) in [6.45, 7) is 13.3. The summed E-state index contributed by atoms with van der Waals surface area (Å²) in [7, 11) is 0. The quantitative estimate of drug-likeness (QED) is 0.778. The molecule has 0 fully saturated rings. The van der Waals surface area contributed by atoms with E-state index in [0.29, 0.717) is 12.1 Å². The second-order valence-electron chi connectivity index (χ2n) is 5.26. The SMILES string of the molecule is CCCNC(C)c1ccc(Br)cc1N(CC)C(C)C. The van der Waals surface area contributed by atoms with Gasteiger partial charge in [0.15, 0.2) is 0 Å². The van der Waals surface area contributed by atoms with Crippen LogP contribution in [0.15, 0.2) is 22.7 Å². The van der Waals surface area contributed by atoms with Crippen molar-refractivity contribution in [2.75, 3.05) is 18.0 Å². The third-order valence-electron chi connectivity index (χ3n) is 3.43. The summed E-state index contributed by atoms with van der Waals surface area (Å²) in [4.78, 5) is 2.45. The summed E-state index contributed by atoms with van der Waals surface area (Å²) in [6, 6.07) is 7.50. The summed E-state index contributed by atoms with van der Waals surface area (Å²) in [5.41, 5.74) is 2.72. The van der Waals surface area contributed by atoms with Crippen LogP contribution in [-0.4, -0.2) is 19.1 Å². The van der Waals surface area contributed by atoms with E-state index < -0.39 is 0 Å². The highest BCUT2D eigenvalue weighted by Gasteiger charge is 2.16. The topological polar surface area (TPSA) is 15.3 Å². The average molecular weight is 327 g/mol. The van der Waals surface area contributed by atoms with Crippen molar-refractivity contribution >= 4 is 21.6 Å². The Morgan fingerprint density at radius 1 is 1.21 bits per heavy atom.